The number of unbranched alkanes of at least 4 members (excludes halogenated alkanes) is 5. The molecule has 0 fully saturated rings. The highest BCUT2D eigenvalue weighted by atomic mass is 32.1. The molecular weight excluding hydrogens is 272 g/mol. The Labute approximate surface area is 129 Å². The maximum absolute atomic E-state index is 12.1. The predicted octanol–water partition coefficient (Wildman–Crippen LogP) is 2.89. The number of carbonyl (C=O) groups is 1. The highest BCUT2D eigenvalue weighted by molar-refractivity contribution is 7.80. The van der Waals surface area contributed by atoms with Crippen molar-refractivity contribution < 1.29 is 9.53 Å². The molecule has 0 radical (unpaired) electrons. The summed E-state index contributed by atoms with van der Waals surface area (Å²) in [6.45, 7) is 3.99. The van der Waals surface area contributed by atoms with E-state index in [4.69, 9.17) is 22.7 Å². The Kier molecular flexibility index (Phi) is 12.9. The zero-order valence-electron chi connectivity index (χ0n) is 13.0. The van der Waals surface area contributed by atoms with Crippen molar-refractivity contribution in [2.24, 2.45) is 5.73 Å². The van der Waals surface area contributed by atoms with Crippen molar-refractivity contribution in [3.63, 3.8) is 0 Å². The van der Waals surface area contributed by atoms with Gasteiger partial charge in [0.1, 0.15) is 0 Å². The fourth-order valence-corrected chi connectivity index (χ4v) is 2.11. The second-order valence-electron chi connectivity index (χ2n) is 5.11. The summed E-state index contributed by atoms with van der Waals surface area (Å²) in [5.74, 6) is 0.189. The largest absolute Gasteiger partial charge is 0.393 e. The van der Waals surface area contributed by atoms with E-state index in [1.54, 1.807) is 7.11 Å². The molecule has 2 N–H and O–H groups in total. The molecule has 5 heteroatoms. The summed E-state index contributed by atoms with van der Waals surface area (Å²) in [7, 11) is 1.64. The summed E-state index contributed by atoms with van der Waals surface area (Å²) in [5, 5.41) is 0. The quantitative estimate of drug-likeness (QED) is 0.420. The Morgan fingerprint density at radius 3 is 2.35 bits per heavy atom. The van der Waals surface area contributed by atoms with E-state index in [0.717, 1.165) is 12.8 Å². The molecule has 0 saturated heterocycles. The van der Waals surface area contributed by atoms with Gasteiger partial charge in [0.05, 0.1) is 11.6 Å². The van der Waals surface area contributed by atoms with E-state index in [-0.39, 0.29) is 5.91 Å². The lowest BCUT2D eigenvalue weighted by atomic mass is 10.1. The second kappa shape index (κ2) is 13.3. The minimum Gasteiger partial charge on any atom is -0.393 e. The SMILES string of the molecule is CCCCCCCCC(=O)N(CCOC)CCC(N)=S. The van der Waals surface area contributed by atoms with Crippen molar-refractivity contribution in [3.05, 3.63) is 0 Å². The van der Waals surface area contributed by atoms with Crippen LogP contribution < -0.4 is 5.73 Å². The summed E-state index contributed by atoms with van der Waals surface area (Å²) in [4.78, 5) is 14.4. The molecule has 20 heavy (non-hydrogen) atoms. The number of rotatable bonds is 13. The highest BCUT2D eigenvalue weighted by Gasteiger charge is 2.12. The van der Waals surface area contributed by atoms with Crippen LogP contribution in [0.15, 0.2) is 0 Å². The van der Waals surface area contributed by atoms with E-state index in [1.165, 1.54) is 25.7 Å². The van der Waals surface area contributed by atoms with Crippen molar-refractivity contribution in [1.82, 2.24) is 4.90 Å². The third-order valence-corrected chi connectivity index (χ3v) is 3.49. The van der Waals surface area contributed by atoms with Gasteiger partial charge in [0.25, 0.3) is 0 Å². The van der Waals surface area contributed by atoms with Crippen molar-refractivity contribution in [2.75, 3.05) is 26.8 Å². The van der Waals surface area contributed by atoms with Gasteiger partial charge in [0.15, 0.2) is 0 Å². The molecule has 118 valence electrons. The molecule has 4 nitrogen and oxygen atoms in total. The second-order valence-corrected chi connectivity index (χ2v) is 5.63. The molecule has 0 heterocycles. The van der Waals surface area contributed by atoms with Crippen LogP contribution in [0.3, 0.4) is 0 Å². The normalized spacial score (nSPS) is 10.5. The molecule has 0 saturated carbocycles. The molecule has 0 spiro atoms. The fourth-order valence-electron chi connectivity index (χ4n) is 2.02. The van der Waals surface area contributed by atoms with Gasteiger partial charge < -0.3 is 15.4 Å². The van der Waals surface area contributed by atoms with Crippen LogP contribution in [0.1, 0.15) is 58.3 Å². The lowest BCUT2D eigenvalue weighted by molar-refractivity contribution is -0.131. The van der Waals surface area contributed by atoms with Crippen molar-refractivity contribution in [1.29, 1.82) is 0 Å². The van der Waals surface area contributed by atoms with Gasteiger partial charge in [-0.05, 0) is 6.42 Å². The molecule has 0 aromatic rings. The smallest absolute Gasteiger partial charge is 0.222 e. The van der Waals surface area contributed by atoms with E-state index in [1.807, 2.05) is 4.90 Å². The molecule has 0 rings (SSSR count). The van der Waals surface area contributed by atoms with Gasteiger partial charge in [-0.15, -0.1) is 0 Å². The monoisotopic (exact) mass is 302 g/mol. The molecule has 0 aromatic heterocycles. The van der Waals surface area contributed by atoms with Crippen LogP contribution in [0.25, 0.3) is 0 Å². The molecule has 0 bridgehead atoms. The van der Waals surface area contributed by atoms with Crippen LogP contribution in [0.5, 0.6) is 0 Å². The topological polar surface area (TPSA) is 55.6 Å². The third-order valence-electron chi connectivity index (χ3n) is 3.29. The first-order valence-electron chi connectivity index (χ1n) is 7.66. The first-order chi connectivity index (χ1) is 9.61. The maximum Gasteiger partial charge on any atom is 0.222 e. The third kappa shape index (κ3) is 11.2. The average Bonchev–Trinajstić information content (AvgIpc) is 2.42. The summed E-state index contributed by atoms with van der Waals surface area (Å²) in [6, 6.07) is 0. The Hall–Kier alpha value is -0.680. The minimum absolute atomic E-state index is 0.189. The number of ether oxygens (including phenoxy) is 1. The Balaban J connectivity index is 3.90. The summed E-state index contributed by atoms with van der Waals surface area (Å²) < 4.78 is 5.04. The van der Waals surface area contributed by atoms with E-state index in [2.05, 4.69) is 6.92 Å². The zero-order chi connectivity index (χ0) is 15.2. The van der Waals surface area contributed by atoms with Crippen LogP contribution in [0.4, 0.5) is 0 Å². The van der Waals surface area contributed by atoms with E-state index in [0.29, 0.717) is 37.5 Å². The van der Waals surface area contributed by atoms with E-state index < -0.39 is 0 Å². The molecule has 1 amide bonds. The van der Waals surface area contributed by atoms with E-state index in [9.17, 15) is 4.79 Å². The minimum atomic E-state index is 0.189. The first-order valence-corrected chi connectivity index (χ1v) is 8.07. The van der Waals surface area contributed by atoms with Gasteiger partial charge in [0.2, 0.25) is 5.91 Å². The van der Waals surface area contributed by atoms with Gasteiger partial charge in [-0.1, -0.05) is 51.2 Å². The number of nitrogens with two attached hydrogens (primary N) is 1. The lowest BCUT2D eigenvalue weighted by Crippen LogP contribution is -2.36. The molecular formula is C15H30N2O2S. The van der Waals surface area contributed by atoms with Gasteiger partial charge in [0, 0.05) is 33.0 Å². The zero-order valence-corrected chi connectivity index (χ0v) is 13.8. The molecule has 0 aromatic carbocycles. The molecule has 0 aliphatic carbocycles. The van der Waals surface area contributed by atoms with Crippen LogP contribution in [-0.4, -0.2) is 42.6 Å². The van der Waals surface area contributed by atoms with Crippen LogP contribution >= 0.6 is 12.2 Å². The number of methoxy groups -OCH3 is 1. The number of hydrogen-bond acceptors (Lipinski definition) is 3. The van der Waals surface area contributed by atoms with Crippen LogP contribution in [0.2, 0.25) is 0 Å². The summed E-state index contributed by atoms with van der Waals surface area (Å²) in [6.07, 6.45) is 8.36. The standard InChI is InChI=1S/C15H30N2O2S/c1-3-4-5-6-7-8-9-15(18)17(12-13-19-2)11-10-14(16)20/h3-13H2,1-2H3,(H2,16,20). The number of hydrogen-bond donors (Lipinski definition) is 1. The van der Waals surface area contributed by atoms with Crippen molar-refractivity contribution >= 4 is 23.1 Å². The van der Waals surface area contributed by atoms with Crippen LogP contribution in [0, 0.1) is 0 Å². The number of nitrogens with zero attached hydrogens (tertiary/aromatic N) is 1. The Morgan fingerprint density at radius 1 is 1.10 bits per heavy atom. The number of carbonyl (C=O) groups excluding carboxylic acids is 1. The Morgan fingerprint density at radius 2 is 1.75 bits per heavy atom. The van der Waals surface area contributed by atoms with Crippen molar-refractivity contribution in [2.45, 2.75) is 58.3 Å². The highest BCUT2D eigenvalue weighted by Crippen LogP contribution is 2.08. The lowest BCUT2D eigenvalue weighted by Gasteiger charge is -2.22. The molecule has 0 aliphatic rings. The Bertz CT molecular complexity index is 273. The number of amides is 1. The molecule has 0 aliphatic heterocycles. The van der Waals surface area contributed by atoms with Gasteiger partial charge >= 0.3 is 0 Å². The summed E-state index contributed by atoms with van der Waals surface area (Å²) >= 11 is 4.87. The fraction of sp³-hybridized carbons (Fsp3) is 0.867. The maximum atomic E-state index is 12.1. The average molecular weight is 302 g/mol. The summed E-state index contributed by atoms with van der Waals surface area (Å²) in [5.41, 5.74) is 5.50. The first kappa shape index (κ1) is 19.3. The van der Waals surface area contributed by atoms with Gasteiger partial charge in [-0.25, -0.2) is 0 Å². The van der Waals surface area contributed by atoms with E-state index >= 15 is 0 Å². The van der Waals surface area contributed by atoms with Crippen molar-refractivity contribution in [3.8, 4) is 0 Å². The molecule has 0 unspecified atom stereocenters. The number of thiocarbonyl (C=S) groups is 1. The van der Waals surface area contributed by atoms with Crippen LogP contribution in [-0.2, 0) is 9.53 Å². The van der Waals surface area contributed by atoms with Gasteiger partial charge in [-0.2, -0.15) is 0 Å². The predicted molar refractivity (Wildman–Crippen MR) is 87.9 cm³/mol. The van der Waals surface area contributed by atoms with Gasteiger partial charge in [-0.3, -0.25) is 4.79 Å². The molecule has 0 atom stereocenters.